The molecule has 6 heteroatoms. The summed E-state index contributed by atoms with van der Waals surface area (Å²) in [7, 11) is 1.94. The minimum Gasteiger partial charge on any atom is -0.345 e. The average molecular weight is 361 g/mol. The number of benzene rings is 1. The summed E-state index contributed by atoms with van der Waals surface area (Å²) in [5.74, 6) is 1.38. The molecule has 2 aromatic heterocycles. The summed E-state index contributed by atoms with van der Waals surface area (Å²) >= 11 is 0. The van der Waals surface area contributed by atoms with Gasteiger partial charge in [0.25, 0.3) is 5.91 Å². The summed E-state index contributed by atoms with van der Waals surface area (Å²) in [6.45, 7) is 2.37. The van der Waals surface area contributed by atoms with Gasteiger partial charge in [0.2, 0.25) is 0 Å². The van der Waals surface area contributed by atoms with Crippen molar-refractivity contribution >= 4 is 5.91 Å². The monoisotopic (exact) mass is 361 g/mol. The molecule has 0 unspecified atom stereocenters. The van der Waals surface area contributed by atoms with Crippen LogP contribution in [0.1, 0.15) is 46.0 Å². The molecule has 0 saturated carbocycles. The third-order valence-corrected chi connectivity index (χ3v) is 5.05. The van der Waals surface area contributed by atoms with Crippen LogP contribution in [0.3, 0.4) is 0 Å². The highest BCUT2D eigenvalue weighted by Crippen LogP contribution is 2.22. The molecule has 0 radical (unpaired) electrons. The Bertz CT molecular complexity index is 992. The lowest BCUT2D eigenvalue weighted by Crippen LogP contribution is -2.25. The van der Waals surface area contributed by atoms with E-state index in [4.69, 9.17) is 0 Å². The molecule has 0 aliphatic heterocycles. The topological polar surface area (TPSA) is 72.7 Å². The summed E-state index contributed by atoms with van der Waals surface area (Å²) in [4.78, 5) is 26.2. The lowest BCUT2D eigenvalue weighted by atomic mass is 9.95. The second-order valence-corrected chi connectivity index (χ2v) is 6.98. The maximum atomic E-state index is 12.6. The van der Waals surface area contributed by atoms with Crippen LogP contribution in [0, 0.1) is 6.92 Å². The predicted molar refractivity (Wildman–Crippen MR) is 103 cm³/mol. The number of aromatic nitrogens is 4. The maximum Gasteiger partial charge on any atom is 0.251 e. The van der Waals surface area contributed by atoms with E-state index in [-0.39, 0.29) is 5.91 Å². The number of aryl methyl sites for hydroxylation is 3. The van der Waals surface area contributed by atoms with Crippen LogP contribution in [0.25, 0.3) is 11.4 Å². The van der Waals surface area contributed by atoms with Gasteiger partial charge in [-0.05, 0) is 50.3 Å². The Morgan fingerprint density at radius 3 is 2.89 bits per heavy atom. The highest BCUT2D eigenvalue weighted by Gasteiger charge is 2.16. The van der Waals surface area contributed by atoms with Gasteiger partial charge >= 0.3 is 0 Å². The highest BCUT2D eigenvalue weighted by molar-refractivity contribution is 5.95. The Labute approximate surface area is 158 Å². The molecule has 1 aliphatic carbocycles. The molecule has 1 aliphatic rings. The minimum absolute atomic E-state index is 0.134. The van der Waals surface area contributed by atoms with Gasteiger partial charge in [0.05, 0.1) is 6.54 Å². The zero-order valence-corrected chi connectivity index (χ0v) is 15.7. The molecule has 27 heavy (non-hydrogen) atoms. The fourth-order valence-corrected chi connectivity index (χ4v) is 3.63. The van der Waals surface area contributed by atoms with E-state index < -0.39 is 0 Å². The van der Waals surface area contributed by atoms with Gasteiger partial charge in [0.1, 0.15) is 11.6 Å². The molecule has 3 aromatic rings. The second kappa shape index (κ2) is 7.31. The molecule has 1 N–H and O–H groups in total. The second-order valence-electron chi connectivity index (χ2n) is 6.98. The number of carbonyl (C=O) groups is 1. The van der Waals surface area contributed by atoms with Crippen LogP contribution in [0.4, 0.5) is 0 Å². The van der Waals surface area contributed by atoms with Crippen molar-refractivity contribution < 1.29 is 4.79 Å². The molecule has 0 spiro atoms. The van der Waals surface area contributed by atoms with Crippen molar-refractivity contribution in [1.82, 2.24) is 24.8 Å². The van der Waals surface area contributed by atoms with Gasteiger partial charge in [-0.3, -0.25) is 4.79 Å². The number of hydrogen-bond acceptors (Lipinski definition) is 4. The Kier molecular flexibility index (Phi) is 4.71. The first-order valence-electron chi connectivity index (χ1n) is 9.33. The number of fused-ring (bicyclic) bond motifs is 1. The molecule has 6 nitrogen and oxygen atoms in total. The molecular weight excluding hydrogens is 338 g/mol. The predicted octanol–water partition coefficient (Wildman–Crippen LogP) is 2.99. The lowest BCUT2D eigenvalue weighted by Gasteiger charge is -2.17. The standard InChI is InChI=1S/C21H23N5O/c1-14-17-8-3-4-9-18(17)25-19(24-14)13-23-21(27)16-7-5-6-15(12-16)20-22-10-11-26(20)2/h5-7,10-12H,3-4,8-9,13H2,1-2H3,(H,23,27). The van der Waals surface area contributed by atoms with Crippen molar-refractivity contribution in [3.05, 3.63) is 65.0 Å². The van der Waals surface area contributed by atoms with Crippen LogP contribution in [-0.2, 0) is 26.4 Å². The number of imidazole rings is 1. The maximum absolute atomic E-state index is 12.6. The molecule has 0 fully saturated rings. The van der Waals surface area contributed by atoms with Crippen molar-refractivity contribution in [2.75, 3.05) is 0 Å². The van der Waals surface area contributed by atoms with Crippen LogP contribution in [0.2, 0.25) is 0 Å². The van der Waals surface area contributed by atoms with E-state index in [1.54, 1.807) is 12.3 Å². The Morgan fingerprint density at radius 2 is 2.07 bits per heavy atom. The molecule has 1 amide bonds. The number of carbonyl (C=O) groups excluding carboxylic acids is 1. The van der Waals surface area contributed by atoms with E-state index in [9.17, 15) is 4.79 Å². The number of amides is 1. The number of hydrogen-bond donors (Lipinski definition) is 1. The first-order valence-corrected chi connectivity index (χ1v) is 9.33. The molecule has 0 atom stereocenters. The van der Waals surface area contributed by atoms with Crippen molar-refractivity contribution in [3.8, 4) is 11.4 Å². The van der Waals surface area contributed by atoms with Crippen LogP contribution in [-0.4, -0.2) is 25.4 Å². The Hall–Kier alpha value is -3.02. The Balaban J connectivity index is 1.49. The first kappa shape index (κ1) is 17.4. The molecule has 2 heterocycles. The SMILES string of the molecule is Cc1nc(CNC(=O)c2cccc(-c3nccn3C)c2)nc2c1CCCC2. The zero-order chi connectivity index (χ0) is 18.8. The van der Waals surface area contributed by atoms with E-state index in [0.717, 1.165) is 35.6 Å². The van der Waals surface area contributed by atoms with Gasteiger partial charge in [0, 0.05) is 42.0 Å². The molecule has 0 saturated heterocycles. The van der Waals surface area contributed by atoms with E-state index >= 15 is 0 Å². The average Bonchev–Trinajstić information content (AvgIpc) is 3.12. The number of nitrogens with one attached hydrogen (secondary N) is 1. The fraction of sp³-hybridized carbons (Fsp3) is 0.333. The lowest BCUT2D eigenvalue weighted by molar-refractivity contribution is 0.0950. The van der Waals surface area contributed by atoms with Crippen molar-refractivity contribution in [2.24, 2.45) is 7.05 Å². The van der Waals surface area contributed by atoms with Gasteiger partial charge in [-0.2, -0.15) is 0 Å². The summed E-state index contributed by atoms with van der Waals surface area (Å²) in [5, 5.41) is 2.95. The largest absolute Gasteiger partial charge is 0.345 e. The summed E-state index contributed by atoms with van der Waals surface area (Å²) in [5.41, 5.74) is 5.00. The van der Waals surface area contributed by atoms with Crippen molar-refractivity contribution in [3.63, 3.8) is 0 Å². The first-order chi connectivity index (χ1) is 13.1. The van der Waals surface area contributed by atoms with Crippen molar-refractivity contribution in [1.29, 1.82) is 0 Å². The van der Waals surface area contributed by atoms with Gasteiger partial charge in [-0.15, -0.1) is 0 Å². The van der Waals surface area contributed by atoms with Gasteiger partial charge in [0.15, 0.2) is 0 Å². The van der Waals surface area contributed by atoms with Gasteiger partial charge < -0.3 is 9.88 Å². The number of rotatable bonds is 4. The molecular formula is C21H23N5O. The molecule has 1 aromatic carbocycles. The minimum atomic E-state index is -0.134. The van der Waals surface area contributed by atoms with E-state index in [1.165, 1.54) is 18.4 Å². The fourth-order valence-electron chi connectivity index (χ4n) is 3.63. The smallest absolute Gasteiger partial charge is 0.251 e. The zero-order valence-electron chi connectivity index (χ0n) is 15.7. The van der Waals surface area contributed by atoms with Crippen LogP contribution >= 0.6 is 0 Å². The van der Waals surface area contributed by atoms with Crippen molar-refractivity contribution in [2.45, 2.75) is 39.2 Å². The molecule has 4 rings (SSSR count). The highest BCUT2D eigenvalue weighted by atomic mass is 16.1. The third-order valence-electron chi connectivity index (χ3n) is 5.05. The van der Waals surface area contributed by atoms with Gasteiger partial charge in [-0.25, -0.2) is 15.0 Å². The molecule has 0 bridgehead atoms. The normalized spacial score (nSPS) is 13.3. The van der Waals surface area contributed by atoms with E-state index in [2.05, 4.69) is 20.3 Å². The Morgan fingerprint density at radius 1 is 1.22 bits per heavy atom. The van der Waals surface area contributed by atoms with E-state index in [0.29, 0.717) is 17.9 Å². The van der Waals surface area contributed by atoms with E-state index in [1.807, 2.05) is 42.9 Å². The summed E-state index contributed by atoms with van der Waals surface area (Å²) < 4.78 is 1.93. The summed E-state index contributed by atoms with van der Waals surface area (Å²) in [6.07, 6.45) is 8.09. The number of nitrogens with zero attached hydrogens (tertiary/aromatic N) is 4. The van der Waals surface area contributed by atoms with Crippen LogP contribution in [0.15, 0.2) is 36.7 Å². The summed E-state index contributed by atoms with van der Waals surface area (Å²) in [6, 6.07) is 7.49. The quantitative estimate of drug-likeness (QED) is 0.775. The molecule has 138 valence electrons. The van der Waals surface area contributed by atoms with Crippen LogP contribution < -0.4 is 5.32 Å². The van der Waals surface area contributed by atoms with Crippen LogP contribution in [0.5, 0.6) is 0 Å². The third kappa shape index (κ3) is 3.60. The van der Waals surface area contributed by atoms with Gasteiger partial charge in [-0.1, -0.05) is 12.1 Å².